The number of carbonyl (C=O) groups is 1. The molecule has 0 aliphatic heterocycles. The molecule has 0 unspecified atom stereocenters. The second-order valence-corrected chi connectivity index (χ2v) is 5.01. The molecule has 0 radical (unpaired) electrons. The molecule has 0 aliphatic carbocycles. The smallest absolute Gasteiger partial charge is 0.221 e. The standard InChI is InChI=1S/C16H16N4O2/c1-9-6-14(16-17-4-5-18-16)20-12-8-15(22-3)13(7-11(9)12)19-10(2)21/h4-8H,1-3H3,(H,17,18)(H,19,21). The van der Waals surface area contributed by atoms with Gasteiger partial charge in [-0.3, -0.25) is 4.79 Å². The van der Waals surface area contributed by atoms with Gasteiger partial charge in [0.05, 0.1) is 18.3 Å². The van der Waals surface area contributed by atoms with Gasteiger partial charge in [-0.05, 0) is 24.6 Å². The molecular weight excluding hydrogens is 280 g/mol. The molecule has 0 fully saturated rings. The molecule has 2 N–H and O–H groups in total. The minimum absolute atomic E-state index is 0.143. The lowest BCUT2D eigenvalue weighted by molar-refractivity contribution is -0.114. The van der Waals surface area contributed by atoms with Crippen molar-refractivity contribution in [3.63, 3.8) is 0 Å². The molecule has 2 aromatic heterocycles. The Morgan fingerprint density at radius 3 is 2.77 bits per heavy atom. The van der Waals surface area contributed by atoms with Crippen LogP contribution in [0.1, 0.15) is 12.5 Å². The van der Waals surface area contributed by atoms with Crippen LogP contribution in [0.2, 0.25) is 0 Å². The van der Waals surface area contributed by atoms with Gasteiger partial charge in [-0.15, -0.1) is 0 Å². The summed E-state index contributed by atoms with van der Waals surface area (Å²) in [6.45, 7) is 3.47. The maximum absolute atomic E-state index is 11.3. The Balaban J connectivity index is 2.20. The Kier molecular flexibility index (Phi) is 3.50. The first kappa shape index (κ1) is 14.1. The highest BCUT2D eigenvalue weighted by Crippen LogP contribution is 2.32. The van der Waals surface area contributed by atoms with Gasteiger partial charge in [0.2, 0.25) is 5.91 Å². The van der Waals surface area contributed by atoms with Crippen molar-refractivity contribution in [1.29, 1.82) is 0 Å². The largest absolute Gasteiger partial charge is 0.494 e. The molecule has 0 spiro atoms. The van der Waals surface area contributed by atoms with Crippen LogP contribution in [-0.4, -0.2) is 28.0 Å². The first-order valence-corrected chi connectivity index (χ1v) is 6.85. The van der Waals surface area contributed by atoms with Crippen molar-refractivity contribution in [2.45, 2.75) is 13.8 Å². The maximum Gasteiger partial charge on any atom is 0.221 e. The summed E-state index contributed by atoms with van der Waals surface area (Å²) in [5, 5.41) is 3.73. The number of carbonyl (C=O) groups excluding carboxylic acids is 1. The second-order valence-electron chi connectivity index (χ2n) is 5.01. The SMILES string of the molecule is COc1cc2nc(-c3ncc[nH]3)cc(C)c2cc1NC(C)=O. The Labute approximate surface area is 127 Å². The van der Waals surface area contributed by atoms with Crippen LogP contribution in [0, 0.1) is 6.92 Å². The van der Waals surface area contributed by atoms with Gasteiger partial charge in [-0.1, -0.05) is 0 Å². The summed E-state index contributed by atoms with van der Waals surface area (Å²) in [6, 6.07) is 5.66. The number of ether oxygens (including phenoxy) is 1. The molecule has 3 aromatic rings. The van der Waals surface area contributed by atoms with E-state index in [0.717, 1.165) is 28.0 Å². The molecule has 1 amide bonds. The van der Waals surface area contributed by atoms with E-state index in [1.807, 2.05) is 25.1 Å². The predicted octanol–water partition coefficient (Wildman–Crippen LogP) is 2.90. The molecule has 0 saturated carbocycles. The zero-order valence-corrected chi connectivity index (χ0v) is 12.6. The Morgan fingerprint density at radius 1 is 1.32 bits per heavy atom. The number of hydrogen-bond acceptors (Lipinski definition) is 4. The molecule has 22 heavy (non-hydrogen) atoms. The molecule has 0 atom stereocenters. The number of rotatable bonds is 3. The molecule has 6 nitrogen and oxygen atoms in total. The Hall–Kier alpha value is -2.89. The third-order valence-electron chi connectivity index (χ3n) is 3.39. The lowest BCUT2D eigenvalue weighted by Crippen LogP contribution is -2.07. The summed E-state index contributed by atoms with van der Waals surface area (Å²) >= 11 is 0. The number of nitrogens with one attached hydrogen (secondary N) is 2. The number of hydrogen-bond donors (Lipinski definition) is 2. The van der Waals surface area contributed by atoms with Crippen molar-refractivity contribution in [1.82, 2.24) is 15.0 Å². The van der Waals surface area contributed by atoms with Gasteiger partial charge in [0.25, 0.3) is 0 Å². The average Bonchev–Trinajstić information content (AvgIpc) is 3.00. The van der Waals surface area contributed by atoms with E-state index in [4.69, 9.17) is 4.74 Å². The van der Waals surface area contributed by atoms with E-state index in [0.29, 0.717) is 11.4 Å². The highest BCUT2D eigenvalue weighted by molar-refractivity contribution is 5.96. The van der Waals surface area contributed by atoms with Gasteiger partial charge >= 0.3 is 0 Å². The van der Waals surface area contributed by atoms with Gasteiger partial charge in [-0.25, -0.2) is 9.97 Å². The number of aromatic nitrogens is 3. The number of imidazole rings is 1. The van der Waals surface area contributed by atoms with E-state index < -0.39 is 0 Å². The summed E-state index contributed by atoms with van der Waals surface area (Å²) in [7, 11) is 1.57. The lowest BCUT2D eigenvalue weighted by atomic mass is 10.1. The van der Waals surface area contributed by atoms with Crippen LogP contribution in [0.25, 0.3) is 22.4 Å². The Morgan fingerprint density at radius 2 is 2.14 bits per heavy atom. The zero-order chi connectivity index (χ0) is 15.7. The highest BCUT2D eigenvalue weighted by atomic mass is 16.5. The fourth-order valence-corrected chi connectivity index (χ4v) is 2.41. The number of benzene rings is 1. The van der Waals surface area contributed by atoms with E-state index in [-0.39, 0.29) is 5.91 Å². The van der Waals surface area contributed by atoms with Gasteiger partial charge in [0, 0.05) is 30.8 Å². The van der Waals surface area contributed by atoms with Crippen molar-refractivity contribution in [3.8, 4) is 17.3 Å². The number of aryl methyl sites for hydroxylation is 1. The van der Waals surface area contributed by atoms with Crippen LogP contribution >= 0.6 is 0 Å². The average molecular weight is 296 g/mol. The van der Waals surface area contributed by atoms with E-state index in [9.17, 15) is 4.79 Å². The van der Waals surface area contributed by atoms with E-state index in [2.05, 4.69) is 20.3 Å². The van der Waals surface area contributed by atoms with Gasteiger partial charge < -0.3 is 15.0 Å². The molecule has 112 valence electrons. The number of pyridine rings is 1. The number of methoxy groups -OCH3 is 1. The number of nitrogens with zero attached hydrogens (tertiary/aromatic N) is 2. The van der Waals surface area contributed by atoms with Crippen molar-refractivity contribution in [3.05, 3.63) is 36.2 Å². The zero-order valence-electron chi connectivity index (χ0n) is 12.6. The minimum atomic E-state index is -0.143. The maximum atomic E-state index is 11.3. The third-order valence-corrected chi connectivity index (χ3v) is 3.39. The van der Waals surface area contributed by atoms with Gasteiger partial charge in [0.15, 0.2) is 5.82 Å². The van der Waals surface area contributed by atoms with Crippen LogP contribution in [0.5, 0.6) is 5.75 Å². The quantitative estimate of drug-likeness (QED) is 0.778. The number of H-pyrrole nitrogens is 1. The summed E-state index contributed by atoms with van der Waals surface area (Å²) in [5.41, 5.74) is 3.24. The number of aromatic amines is 1. The van der Waals surface area contributed by atoms with E-state index in [1.54, 1.807) is 19.5 Å². The molecular formula is C16H16N4O2. The normalized spacial score (nSPS) is 10.7. The van der Waals surface area contributed by atoms with Crippen molar-refractivity contribution >= 4 is 22.5 Å². The van der Waals surface area contributed by atoms with Crippen LogP contribution in [0.15, 0.2) is 30.6 Å². The predicted molar refractivity (Wildman–Crippen MR) is 84.9 cm³/mol. The van der Waals surface area contributed by atoms with Crippen LogP contribution in [0.3, 0.4) is 0 Å². The van der Waals surface area contributed by atoms with Crippen molar-refractivity contribution in [2.24, 2.45) is 0 Å². The minimum Gasteiger partial charge on any atom is -0.494 e. The van der Waals surface area contributed by atoms with Crippen molar-refractivity contribution < 1.29 is 9.53 Å². The molecule has 2 heterocycles. The number of amides is 1. The first-order valence-electron chi connectivity index (χ1n) is 6.85. The molecule has 0 bridgehead atoms. The summed E-state index contributed by atoms with van der Waals surface area (Å²) in [6.07, 6.45) is 3.45. The number of anilines is 1. The molecule has 1 aromatic carbocycles. The van der Waals surface area contributed by atoms with E-state index in [1.165, 1.54) is 6.92 Å². The molecule has 0 aliphatic rings. The molecule has 6 heteroatoms. The second kappa shape index (κ2) is 5.48. The third kappa shape index (κ3) is 2.50. The monoisotopic (exact) mass is 296 g/mol. The summed E-state index contributed by atoms with van der Waals surface area (Å²) in [5.74, 6) is 1.15. The fraction of sp³-hybridized carbons (Fsp3) is 0.188. The van der Waals surface area contributed by atoms with Gasteiger partial charge in [0.1, 0.15) is 11.4 Å². The van der Waals surface area contributed by atoms with Crippen LogP contribution in [-0.2, 0) is 4.79 Å². The fourth-order valence-electron chi connectivity index (χ4n) is 2.41. The van der Waals surface area contributed by atoms with Crippen LogP contribution < -0.4 is 10.1 Å². The molecule has 0 saturated heterocycles. The summed E-state index contributed by atoms with van der Waals surface area (Å²) < 4.78 is 5.35. The van der Waals surface area contributed by atoms with Gasteiger partial charge in [-0.2, -0.15) is 0 Å². The highest BCUT2D eigenvalue weighted by Gasteiger charge is 2.12. The van der Waals surface area contributed by atoms with E-state index >= 15 is 0 Å². The first-order chi connectivity index (χ1) is 10.6. The topological polar surface area (TPSA) is 79.9 Å². The van der Waals surface area contributed by atoms with Crippen LogP contribution in [0.4, 0.5) is 5.69 Å². The van der Waals surface area contributed by atoms with Crippen molar-refractivity contribution in [2.75, 3.05) is 12.4 Å². The lowest BCUT2D eigenvalue weighted by Gasteiger charge is -2.12. The number of fused-ring (bicyclic) bond motifs is 1. The Bertz CT molecular complexity index is 841. The summed E-state index contributed by atoms with van der Waals surface area (Å²) in [4.78, 5) is 23.2. The molecule has 3 rings (SSSR count).